The highest BCUT2D eigenvalue weighted by molar-refractivity contribution is 6.55. The molecule has 0 fully saturated rings. The molecule has 93 valence electrons. The van der Waals surface area contributed by atoms with Crippen molar-refractivity contribution in [1.29, 1.82) is 0 Å². The summed E-state index contributed by atoms with van der Waals surface area (Å²) in [5.74, 6) is 0.667. The van der Waals surface area contributed by atoms with E-state index in [0.29, 0.717) is 12.5 Å². The lowest BCUT2D eigenvalue weighted by Gasteiger charge is -2.15. The summed E-state index contributed by atoms with van der Waals surface area (Å²) in [6.45, 7) is 4.56. The van der Waals surface area contributed by atoms with E-state index in [1.807, 2.05) is 31.9 Å². The topological polar surface area (TPSA) is 31.4 Å². The highest BCUT2D eigenvalue weighted by Gasteiger charge is 2.09. The van der Waals surface area contributed by atoms with Crippen molar-refractivity contribution < 1.29 is 9.47 Å². The number of aromatic nitrogens is 1. The molecule has 1 atom stereocenters. The van der Waals surface area contributed by atoms with Crippen LogP contribution in [0.1, 0.15) is 6.92 Å². The fraction of sp³-hybridized carbons (Fsp3) is 0.357. The fourth-order valence-corrected chi connectivity index (χ4v) is 2.01. The number of hydrogen-bond acceptors (Lipinski definition) is 3. The predicted molar refractivity (Wildman–Crippen MR) is 75.0 cm³/mol. The lowest BCUT2D eigenvalue weighted by atomic mass is 9.71. The smallest absolute Gasteiger partial charge is 0.221 e. The quantitative estimate of drug-likeness (QED) is 0.751. The number of hydrogen-bond donors (Lipinski definition) is 0. The highest BCUT2D eigenvalue weighted by Crippen LogP contribution is 2.22. The summed E-state index contributed by atoms with van der Waals surface area (Å²) >= 11 is 0. The molecule has 0 aliphatic rings. The van der Waals surface area contributed by atoms with E-state index in [1.54, 1.807) is 13.3 Å². The zero-order valence-corrected chi connectivity index (χ0v) is 11.0. The van der Waals surface area contributed by atoms with Gasteiger partial charge in [0.05, 0.1) is 6.61 Å². The molecule has 0 spiro atoms. The SMILES string of the molecule is C[B]c1cccc2c(OC(C)COC)nccc12. The fourth-order valence-electron chi connectivity index (χ4n) is 2.01. The van der Waals surface area contributed by atoms with Crippen LogP contribution in [-0.2, 0) is 4.74 Å². The van der Waals surface area contributed by atoms with Gasteiger partial charge in [-0.15, -0.1) is 0 Å². The van der Waals surface area contributed by atoms with Gasteiger partial charge < -0.3 is 9.47 Å². The van der Waals surface area contributed by atoms with Crippen LogP contribution in [-0.4, -0.2) is 32.1 Å². The van der Waals surface area contributed by atoms with Crippen molar-refractivity contribution in [2.45, 2.75) is 19.9 Å². The molecule has 1 aromatic carbocycles. The maximum Gasteiger partial charge on any atom is 0.221 e. The average molecular weight is 242 g/mol. The molecule has 0 amide bonds. The summed E-state index contributed by atoms with van der Waals surface area (Å²) in [6.07, 6.45) is 1.77. The number of pyridine rings is 1. The molecule has 18 heavy (non-hydrogen) atoms. The molecule has 0 aliphatic carbocycles. The van der Waals surface area contributed by atoms with Gasteiger partial charge in [0.15, 0.2) is 0 Å². The minimum absolute atomic E-state index is 0.0117. The molecule has 0 aliphatic heterocycles. The Kier molecular flexibility index (Phi) is 4.21. The van der Waals surface area contributed by atoms with Gasteiger partial charge in [0.2, 0.25) is 5.88 Å². The second-order valence-electron chi connectivity index (χ2n) is 4.23. The van der Waals surface area contributed by atoms with Crippen LogP contribution in [0.5, 0.6) is 5.88 Å². The first kappa shape index (κ1) is 12.9. The molecule has 2 aromatic rings. The van der Waals surface area contributed by atoms with Crippen molar-refractivity contribution in [3.63, 3.8) is 0 Å². The molecule has 4 heteroatoms. The Bertz CT molecular complexity index is 530. The van der Waals surface area contributed by atoms with E-state index in [-0.39, 0.29) is 6.10 Å². The van der Waals surface area contributed by atoms with Gasteiger partial charge >= 0.3 is 0 Å². The lowest BCUT2D eigenvalue weighted by molar-refractivity contribution is 0.0901. The van der Waals surface area contributed by atoms with E-state index >= 15 is 0 Å². The zero-order chi connectivity index (χ0) is 13.0. The van der Waals surface area contributed by atoms with Crippen molar-refractivity contribution in [2.75, 3.05) is 13.7 Å². The molecule has 1 radical (unpaired) electrons. The molecule has 2 rings (SSSR count). The Morgan fingerprint density at radius 3 is 2.83 bits per heavy atom. The molecular weight excluding hydrogens is 225 g/mol. The Morgan fingerprint density at radius 1 is 1.28 bits per heavy atom. The van der Waals surface area contributed by atoms with Gasteiger partial charge in [0.25, 0.3) is 0 Å². The van der Waals surface area contributed by atoms with E-state index in [0.717, 1.165) is 10.8 Å². The molecule has 1 unspecified atom stereocenters. The first-order chi connectivity index (χ1) is 8.76. The third-order valence-electron chi connectivity index (χ3n) is 2.83. The second kappa shape index (κ2) is 5.87. The third-order valence-corrected chi connectivity index (χ3v) is 2.83. The Labute approximate surface area is 108 Å². The molecule has 0 N–H and O–H groups in total. The summed E-state index contributed by atoms with van der Waals surface area (Å²) in [7, 11) is 3.76. The van der Waals surface area contributed by atoms with E-state index in [1.165, 1.54) is 5.46 Å². The average Bonchev–Trinajstić information content (AvgIpc) is 2.38. The van der Waals surface area contributed by atoms with Gasteiger partial charge in [0.1, 0.15) is 13.4 Å². The normalized spacial score (nSPS) is 12.4. The zero-order valence-electron chi connectivity index (χ0n) is 11.0. The van der Waals surface area contributed by atoms with Gasteiger partial charge in [-0.25, -0.2) is 4.98 Å². The lowest BCUT2D eigenvalue weighted by Crippen LogP contribution is -2.19. The number of ether oxygens (including phenoxy) is 2. The van der Waals surface area contributed by atoms with Gasteiger partial charge in [-0.05, 0) is 24.4 Å². The first-order valence-corrected chi connectivity index (χ1v) is 6.09. The number of benzene rings is 1. The molecule has 0 bridgehead atoms. The molecule has 3 nitrogen and oxygen atoms in total. The number of nitrogens with zero attached hydrogens (tertiary/aromatic N) is 1. The first-order valence-electron chi connectivity index (χ1n) is 6.09. The minimum Gasteiger partial charge on any atom is -0.472 e. The summed E-state index contributed by atoms with van der Waals surface area (Å²) in [5, 5.41) is 2.20. The van der Waals surface area contributed by atoms with Gasteiger partial charge in [-0.1, -0.05) is 24.4 Å². The Balaban J connectivity index is 2.39. The van der Waals surface area contributed by atoms with E-state index < -0.39 is 0 Å². The van der Waals surface area contributed by atoms with Crippen LogP contribution in [0.2, 0.25) is 6.82 Å². The van der Waals surface area contributed by atoms with E-state index in [2.05, 4.69) is 18.3 Å². The monoisotopic (exact) mass is 242 g/mol. The summed E-state index contributed by atoms with van der Waals surface area (Å²) in [6, 6.07) is 8.15. The van der Waals surface area contributed by atoms with Gasteiger partial charge in [0, 0.05) is 18.7 Å². The largest absolute Gasteiger partial charge is 0.472 e. The van der Waals surface area contributed by atoms with Crippen LogP contribution < -0.4 is 10.2 Å². The van der Waals surface area contributed by atoms with Gasteiger partial charge in [-0.2, -0.15) is 0 Å². The Morgan fingerprint density at radius 2 is 2.11 bits per heavy atom. The molecule has 0 saturated carbocycles. The van der Waals surface area contributed by atoms with E-state index in [9.17, 15) is 0 Å². The third kappa shape index (κ3) is 2.64. The predicted octanol–water partition coefficient (Wildman–Crippen LogP) is 2.03. The standard InChI is InChI=1S/C14H17BNO2/c1-10(9-17-3)18-14-12-5-4-6-13(15-2)11(12)7-8-16-14/h4-8,10H,9H2,1-3H3. The number of rotatable bonds is 5. The van der Waals surface area contributed by atoms with Crippen molar-refractivity contribution in [3.05, 3.63) is 30.5 Å². The maximum atomic E-state index is 5.82. The van der Waals surface area contributed by atoms with Crippen molar-refractivity contribution in [2.24, 2.45) is 0 Å². The second-order valence-corrected chi connectivity index (χ2v) is 4.23. The van der Waals surface area contributed by atoms with Crippen LogP contribution in [0.15, 0.2) is 30.5 Å². The van der Waals surface area contributed by atoms with E-state index in [4.69, 9.17) is 9.47 Å². The molecule has 1 aromatic heterocycles. The van der Waals surface area contributed by atoms with Crippen molar-refractivity contribution >= 4 is 23.5 Å². The highest BCUT2D eigenvalue weighted by atomic mass is 16.5. The molecule has 0 saturated heterocycles. The van der Waals surface area contributed by atoms with Crippen LogP contribution >= 0.6 is 0 Å². The molecular formula is C14H17BNO2. The van der Waals surface area contributed by atoms with Crippen molar-refractivity contribution in [1.82, 2.24) is 4.98 Å². The van der Waals surface area contributed by atoms with Crippen LogP contribution in [0, 0.1) is 0 Å². The molecule has 1 heterocycles. The van der Waals surface area contributed by atoms with Crippen LogP contribution in [0.25, 0.3) is 10.8 Å². The summed E-state index contributed by atoms with van der Waals surface area (Å²) in [5.41, 5.74) is 1.19. The van der Waals surface area contributed by atoms with Crippen molar-refractivity contribution in [3.8, 4) is 5.88 Å². The maximum absolute atomic E-state index is 5.82. The van der Waals surface area contributed by atoms with Gasteiger partial charge in [-0.3, -0.25) is 0 Å². The summed E-state index contributed by atoms with van der Waals surface area (Å²) < 4.78 is 10.9. The summed E-state index contributed by atoms with van der Waals surface area (Å²) in [4.78, 5) is 4.31. The Hall–Kier alpha value is -1.55. The van der Waals surface area contributed by atoms with Crippen LogP contribution in [0.4, 0.5) is 0 Å². The van der Waals surface area contributed by atoms with Crippen LogP contribution in [0.3, 0.4) is 0 Å². The number of fused-ring (bicyclic) bond motifs is 1. The minimum atomic E-state index is -0.0117. The number of methoxy groups -OCH3 is 1.